The number of rotatable bonds is 4. The van der Waals surface area contributed by atoms with E-state index in [9.17, 15) is 4.79 Å². The van der Waals surface area contributed by atoms with Crippen molar-refractivity contribution in [3.05, 3.63) is 11.8 Å². The topological polar surface area (TPSA) is 65.2 Å². The van der Waals surface area contributed by atoms with Crippen molar-refractivity contribution in [1.82, 2.24) is 10.2 Å². The Bertz CT molecular complexity index is 305. The number of aromatic nitrogens is 2. The molecule has 5 heteroatoms. The second-order valence-electron chi connectivity index (χ2n) is 2.95. The third-order valence-corrected chi connectivity index (χ3v) is 2.14. The van der Waals surface area contributed by atoms with Crippen molar-refractivity contribution in [2.24, 2.45) is 0 Å². The summed E-state index contributed by atoms with van der Waals surface area (Å²) in [6.45, 7) is 4.08. The van der Waals surface area contributed by atoms with Crippen LogP contribution in [0.2, 0.25) is 0 Å². The Morgan fingerprint density at radius 1 is 1.43 bits per heavy atom. The predicted octanol–water partition coefficient (Wildman–Crippen LogP) is 1.76. The molecule has 1 aromatic rings. The minimum absolute atomic E-state index is 0.0746. The van der Waals surface area contributed by atoms with Gasteiger partial charge in [-0.25, -0.2) is 4.79 Å². The Balaban J connectivity index is 2.81. The second kappa shape index (κ2) is 4.74. The fourth-order valence-electron chi connectivity index (χ4n) is 1.21. The van der Waals surface area contributed by atoms with E-state index in [0.717, 1.165) is 12.8 Å². The van der Waals surface area contributed by atoms with Gasteiger partial charge in [0.2, 0.25) is 5.89 Å². The smallest absolute Gasteiger partial charge is 0.396 e. The van der Waals surface area contributed by atoms with E-state index in [1.54, 1.807) is 0 Å². The molecule has 0 bridgehead atoms. The Morgan fingerprint density at radius 3 is 2.57 bits per heavy atom. The first kappa shape index (κ1) is 10.7. The Kier molecular flexibility index (Phi) is 3.62. The molecular formula is C9H14N2O3. The van der Waals surface area contributed by atoms with Crippen LogP contribution in [0.5, 0.6) is 0 Å². The summed E-state index contributed by atoms with van der Waals surface area (Å²) in [6, 6.07) is 0. The summed E-state index contributed by atoms with van der Waals surface area (Å²) in [5, 5.41) is 7.42. The molecule has 0 atom stereocenters. The zero-order valence-electron chi connectivity index (χ0n) is 8.61. The molecule has 0 saturated heterocycles. The molecule has 0 aromatic carbocycles. The Morgan fingerprint density at radius 2 is 2.07 bits per heavy atom. The van der Waals surface area contributed by atoms with E-state index in [4.69, 9.17) is 4.42 Å². The molecule has 1 aromatic heterocycles. The first-order chi connectivity index (χ1) is 6.72. The van der Waals surface area contributed by atoms with Gasteiger partial charge in [0.05, 0.1) is 7.11 Å². The summed E-state index contributed by atoms with van der Waals surface area (Å²) in [6.07, 6.45) is 1.83. The number of ether oxygens (including phenoxy) is 1. The summed E-state index contributed by atoms with van der Waals surface area (Å²) in [5.41, 5.74) is 0. The van der Waals surface area contributed by atoms with Gasteiger partial charge in [-0.2, -0.15) is 0 Å². The van der Waals surface area contributed by atoms with Crippen molar-refractivity contribution in [3.8, 4) is 0 Å². The van der Waals surface area contributed by atoms with Gasteiger partial charge in [0.1, 0.15) is 0 Å². The van der Waals surface area contributed by atoms with Crippen molar-refractivity contribution >= 4 is 5.97 Å². The van der Waals surface area contributed by atoms with E-state index < -0.39 is 5.97 Å². The largest absolute Gasteiger partial charge is 0.462 e. The summed E-state index contributed by atoms with van der Waals surface area (Å²) in [7, 11) is 1.28. The molecule has 0 N–H and O–H groups in total. The van der Waals surface area contributed by atoms with E-state index in [2.05, 4.69) is 14.9 Å². The number of hydrogen-bond acceptors (Lipinski definition) is 5. The van der Waals surface area contributed by atoms with Crippen LogP contribution in [-0.2, 0) is 4.74 Å². The van der Waals surface area contributed by atoms with Crippen LogP contribution < -0.4 is 0 Å². The molecule has 0 radical (unpaired) electrons. The van der Waals surface area contributed by atoms with Crippen LogP contribution in [0.25, 0.3) is 0 Å². The van der Waals surface area contributed by atoms with Crippen molar-refractivity contribution < 1.29 is 13.9 Å². The second-order valence-corrected chi connectivity index (χ2v) is 2.95. The van der Waals surface area contributed by atoms with Crippen LogP contribution in [0, 0.1) is 0 Å². The quantitative estimate of drug-likeness (QED) is 0.689. The summed E-state index contributed by atoms with van der Waals surface area (Å²) >= 11 is 0. The molecule has 0 fully saturated rings. The van der Waals surface area contributed by atoms with Crippen LogP contribution in [0.15, 0.2) is 4.42 Å². The van der Waals surface area contributed by atoms with Crippen molar-refractivity contribution in [3.63, 3.8) is 0 Å². The Hall–Kier alpha value is -1.39. The van der Waals surface area contributed by atoms with E-state index in [-0.39, 0.29) is 11.8 Å². The van der Waals surface area contributed by atoms with Gasteiger partial charge in [0, 0.05) is 5.92 Å². The molecule has 0 unspecified atom stereocenters. The van der Waals surface area contributed by atoms with Gasteiger partial charge in [0.15, 0.2) is 0 Å². The molecule has 78 valence electrons. The number of esters is 1. The number of methoxy groups -OCH3 is 1. The summed E-state index contributed by atoms with van der Waals surface area (Å²) < 4.78 is 9.64. The normalized spacial score (nSPS) is 10.6. The molecule has 1 rings (SSSR count). The highest BCUT2D eigenvalue weighted by Gasteiger charge is 2.19. The molecule has 0 spiro atoms. The van der Waals surface area contributed by atoms with Crippen LogP contribution in [0.4, 0.5) is 0 Å². The highest BCUT2D eigenvalue weighted by Crippen LogP contribution is 2.21. The van der Waals surface area contributed by atoms with Gasteiger partial charge >= 0.3 is 11.9 Å². The van der Waals surface area contributed by atoms with Crippen LogP contribution >= 0.6 is 0 Å². The first-order valence-electron chi connectivity index (χ1n) is 4.64. The summed E-state index contributed by atoms with van der Waals surface area (Å²) in [4.78, 5) is 11.0. The van der Waals surface area contributed by atoms with E-state index in [0.29, 0.717) is 5.89 Å². The summed E-state index contributed by atoms with van der Waals surface area (Å²) in [5.74, 6) is 0.0698. The first-order valence-corrected chi connectivity index (χ1v) is 4.64. The highest BCUT2D eigenvalue weighted by atomic mass is 16.5. The van der Waals surface area contributed by atoms with Gasteiger partial charge in [-0.3, -0.25) is 0 Å². The maximum Gasteiger partial charge on any atom is 0.396 e. The van der Waals surface area contributed by atoms with Gasteiger partial charge in [-0.15, -0.1) is 10.2 Å². The lowest BCUT2D eigenvalue weighted by atomic mass is 10.0. The zero-order valence-corrected chi connectivity index (χ0v) is 8.61. The third kappa shape index (κ3) is 2.10. The molecule has 5 nitrogen and oxygen atoms in total. The molecule has 1 heterocycles. The molecule has 0 amide bonds. The van der Waals surface area contributed by atoms with Crippen molar-refractivity contribution in [2.45, 2.75) is 32.6 Å². The Labute approximate surface area is 82.5 Å². The van der Waals surface area contributed by atoms with E-state index in [1.807, 2.05) is 13.8 Å². The van der Waals surface area contributed by atoms with E-state index >= 15 is 0 Å². The predicted molar refractivity (Wildman–Crippen MR) is 49.0 cm³/mol. The van der Waals surface area contributed by atoms with Gasteiger partial charge < -0.3 is 9.15 Å². The van der Waals surface area contributed by atoms with Gasteiger partial charge in [0.25, 0.3) is 0 Å². The van der Waals surface area contributed by atoms with Crippen LogP contribution in [0.1, 0.15) is 49.2 Å². The number of hydrogen-bond donors (Lipinski definition) is 0. The molecule has 0 aliphatic carbocycles. The third-order valence-electron chi connectivity index (χ3n) is 2.14. The SMILES string of the molecule is CCC(CC)c1nnc(C(=O)OC)o1. The van der Waals surface area contributed by atoms with Crippen molar-refractivity contribution in [1.29, 1.82) is 0 Å². The number of carbonyl (C=O) groups is 1. The monoisotopic (exact) mass is 198 g/mol. The van der Waals surface area contributed by atoms with Gasteiger partial charge in [-0.05, 0) is 12.8 Å². The lowest BCUT2D eigenvalue weighted by Gasteiger charge is -2.04. The van der Waals surface area contributed by atoms with E-state index in [1.165, 1.54) is 7.11 Å². The average Bonchev–Trinajstić information content (AvgIpc) is 2.68. The molecule has 0 saturated carbocycles. The molecule has 14 heavy (non-hydrogen) atoms. The molecule has 0 aliphatic heterocycles. The lowest BCUT2D eigenvalue weighted by molar-refractivity contribution is 0.0553. The minimum Gasteiger partial charge on any atom is -0.462 e. The fourth-order valence-corrected chi connectivity index (χ4v) is 1.21. The van der Waals surface area contributed by atoms with Crippen LogP contribution in [0.3, 0.4) is 0 Å². The highest BCUT2D eigenvalue weighted by molar-refractivity contribution is 5.83. The number of nitrogens with zero attached hydrogens (tertiary/aromatic N) is 2. The molecule has 0 aliphatic rings. The zero-order chi connectivity index (χ0) is 10.6. The maximum atomic E-state index is 11.0. The average molecular weight is 198 g/mol. The lowest BCUT2D eigenvalue weighted by Crippen LogP contribution is -2.00. The molecular weight excluding hydrogens is 184 g/mol. The van der Waals surface area contributed by atoms with Gasteiger partial charge in [-0.1, -0.05) is 13.8 Å². The fraction of sp³-hybridized carbons (Fsp3) is 0.667. The van der Waals surface area contributed by atoms with Crippen LogP contribution in [-0.4, -0.2) is 23.3 Å². The standard InChI is InChI=1S/C9H14N2O3/c1-4-6(5-2)7-10-11-8(14-7)9(12)13-3/h6H,4-5H2,1-3H3. The maximum absolute atomic E-state index is 11.0. The number of carbonyl (C=O) groups excluding carboxylic acids is 1. The minimum atomic E-state index is -0.588. The van der Waals surface area contributed by atoms with Crippen molar-refractivity contribution in [2.75, 3.05) is 7.11 Å².